The summed E-state index contributed by atoms with van der Waals surface area (Å²) in [7, 11) is 0. The maximum Gasteiger partial charge on any atom is 0.254 e. The first kappa shape index (κ1) is 9.69. The van der Waals surface area contributed by atoms with E-state index in [0.717, 1.165) is 21.4 Å². The van der Waals surface area contributed by atoms with Crippen LogP contribution in [-0.4, -0.2) is 5.24 Å². The van der Waals surface area contributed by atoms with Gasteiger partial charge in [-0.05, 0) is 24.1 Å². The van der Waals surface area contributed by atoms with Crippen LogP contribution in [0.1, 0.15) is 22.2 Å². The number of aryl methyl sites for hydroxylation is 1. The van der Waals surface area contributed by atoms with E-state index in [1.807, 2.05) is 31.2 Å². The third-order valence-electron chi connectivity index (χ3n) is 2.19. The van der Waals surface area contributed by atoms with Crippen LogP contribution in [0.5, 0.6) is 0 Å². The molecule has 3 heteroatoms. The highest BCUT2D eigenvalue weighted by Crippen LogP contribution is 2.32. The molecule has 0 saturated heterocycles. The van der Waals surface area contributed by atoms with Crippen LogP contribution in [0.4, 0.5) is 0 Å². The molecule has 14 heavy (non-hydrogen) atoms. The van der Waals surface area contributed by atoms with Crippen LogP contribution < -0.4 is 0 Å². The van der Waals surface area contributed by atoms with Crippen molar-refractivity contribution in [2.24, 2.45) is 0 Å². The molecule has 0 atom stereocenters. The number of carbonyl (C=O) groups is 1. The van der Waals surface area contributed by atoms with Crippen LogP contribution in [0, 0.1) is 0 Å². The Kier molecular flexibility index (Phi) is 2.57. The van der Waals surface area contributed by atoms with Gasteiger partial charge in [-0.1, -0.05) is 25.1 Å². The van der Waals surface area contributed by atoms with Gasteiger partial charge in [-0.25, -0.2) is 0 Å². The minimum atomic E-state index is -0.348. The van der Waals surface area contributed by atoms with Crippen molar-refractivity contribution in [2.45, 2.75) is 13.3 Å². The van der Waals surface area contributed by atoms with Gasteiger partial charge in [0.15, 0.2) is 0 Å². The second-order valence-corrected chi connectivity index (χ2v) is 4.50. The molecule has 0 fully saturated rings. The first-order valence-electron chi connectivity index (χ1n) is 4.44. The standard InChI is InChI=1S/C11H9ClOS/c1-2-8-10(11(12)13)7-5-3-4-6-9(7)14-8/h3-6H,2H2,1H3. The highest BCUT2D eigenvalue weighted by atomic mass is 35.5. The normalized spacial score (nSPS) is 10.7. The lowest BCUT2D eigenvalue weighted by molar-refractivity contribution is 0.108. The van der Waals surface area contributed by atoms with Crippen LogP contribution in [0.25, 0.3) is 10.1 Å². The zero-order chi connectivity index (χ0) is 10.1. The summed E-state index contributed by atoms with van der Waals surface area (Å²) in [4.78, 5) is 12.3. The predicted molar refractivity (Wildman–Crippen MR) is 61.4 cm³/mol. The number of fused-ring (bicyclic) bond motifs is 1. The summed E-state index contributed by atoms with van der Waals surface area (Å²) in [5.41, 5.74) is 0.690. The second-order valence-electron chi connectivity index (χ2n) is 3.02. The van der Waals surface area contributed by atoms with Crippen LogP contribution in [0.3, 0.4) is 0 Å². The Balaban J connectivity index is 2.81. The molecule has 0 radical (unpaired) electrons. The molecule has 0 unspecified atom stereocenters. The second kappa shape index (κ2) is 3.71. The fourth-order valence-corrected chi connectivity index (χ4v) is 2.97. The van der Waals surface area contributed by atoms with E-state index in [2.05, 4.69) is 0 Å². The van der Waals surface area contributed by atoms with Gasteiger partial charge in [0.05, 0.1) is 5.56 Å². The van der Waals surface area contributed by atoms with Crippen molar-refractivity contribution >= 4 is 38.3 Å². The molecular weight excluding hydrogens is 216 g/mol. The Morgan fingerprint density at radius 1 is 1.43 bits per heavy atom. The Hall–Kier alpha value is -0.860. The molecule has 2 rings (SSSR count). The molecule has 0 aliphatic rings. The zero-order valence-corrected chi connectivity index (χ0v) is 9.28. The Labute approximate surface area is 91.3 Å². The summed E-state index contributed by atoms with van der Waals surface area (Å²) in [6.45, 7) is 2.04. The lowest BCUT2D eigenvalue weighted by Crippen LogP contribution is -1.91. The van der Waals surface area contributed by atoms with Crippen LogP contribution in [0.15, 0.2) is 24.3 Å². The van der Waals surface area contributed by atoms with Crippen molar-refractivity contribution in [3.05, 3.63) is 34.7 Å². The lowest BCUT2D eigenvalue weighted by atomic mass is 10.1. The van der Waals surface area contributed by atoms with E-state index in [1.54, 1.807) is 11.3 Å². The van der Waals surface area contributed by atoms with Gasteiger partial charge in [-0.2, -0.15) is 0 Å². The van der Waals surface area contributed by atoms with Crippen molar-refractivity contribution in [2.75, 3.05) is 0 Å². The number of thiophene rings is 1. The SMILES string of the molecule is CCc1sc2ccccc2c1C(=O)Cl. The van der Waals surface area contributed by atoms with Crippen molar-refractivity contribution in [1.82, 2.24) is 0 Å². The van der Waals surface area contributed by atoms with Gasteiger partial charge in [0.1, 0.15) is 0 Å². The number of hydrogen-bond acceptors (Lipinski definition) is 2. The lowest BCUT2D eigenvalue weighted by Gasteiger charge is -1.94. The molecule has 0 bridgehead atoms. The molecule has 2 aromatic rings. The maximum absolute atomic E-state index is 11.3. The molecule has 72 valence electrons. The van der Waals surface area contributed by atoms with Gasteiger partial charge in [-0.15, -0.1) is 11.3 Å². The summed E-state index contributed by atoms with van der Waals surface area (Å²) in [6.07, 6.45) is 0.854. The van der Waals surface area contributed by atoms with Gasteiger partial charge in [0.25, 0.3) is 5.24 Å². The Bertz CT molecular complexity index is 487. The molecule has 0 spiro atoms. The largest absolute Gasteiger partial charge is 0.276 e. The van der Waals surface area contributed by atoms with E-state index in [4.69, 9.17) is 11.6 Å². The summed E-state index contributed by atoms with van der Waals surface area (Å²) in [6, 6.07) is 7.86. The zero-order valence-electron chi connectivity index (χ0n) is 7.71. The molecule has 0 saturated carbocycles. The smallest absolute Gasteiger partial charge is 0.254 e. The molecule has 1 nitrogen and oxygen atoms in total. The third-order valence-corrected chi connectivity index (χ3v) is 3.69. The minimum Gasteiger partial charge on any atom is -0.276 e. The number of carbonyl (C=O) groups excluding carboxylic acids is 1. The number of rotatable bonds is 2. The first-order valence-corrected chi connectivity index (χ1v) is 5.63. The van der Waals surface area contributed by atoms with Gasteiger partial charge in [0, 0.05) is 15.0 Å². The summed E-state index contributed by atoms with van der Waals surface area (Å²) < 4.78 is 1.13. The quantitative estimate of drug-likeness (QED) is 0.709. The molecule has 1 aromatic carbocycles. The molecule has 0 aliphatic carbocycles. The monoisotopic (exact) mass is 224 g/mol. The molecule has 0 amide bonds. The van der Waals surface area contributed by atoms with E-state index < -0.39 is 0 Å². The average Bonchev–Trinajstić information content (AvgIpc) is 2.55. The van der Waals surface area contributed by atoms with Gasteiger partial charge in [-0.3, -0.25) is 4.79 Å². The molecule has 1 heterocycles. The molecule has 1 aromatic heterocycles. The van der Waals surface area contributed by atoms with E-state index in [1.165, 1.54) is 0 Å². The van der Waals surface area contributed by atoms with Crippen molar-refractivity contribution in [1.29, 1.82) is 0 Å². The topological polar surface area (TPSA) is 17.1 Å². The number of hydrogen-bond donors (Lipinski definition) is 0. The van der Waals surface area contributed by atoms with Crippen LogP contribution in [-0.2, 0) is 6.42 Å². The summed E-state index contributed by atoms with van der Waals surface area (Å²) >= 11 is 7.22. The summed E-state index contributed by atoms with van der Waals surface area (Å²) in [5, 5.41) is 0.633. The number of benzene rings is 1. The van der Waals surface area contributed by atoms with E-state index >= 15 is 0 Å². The molecule has 0 N–H and O–H groups in total. The van der Waals surface area contributed by atoms with Crippen LogP contribution in [0.2, 0.25) is 0 Å². The van der Waals surface area contributed by atoms with Gasteiger partial charge < -0.3 is 0 Å². The highest BCUT2D eigenvalue weighted by Gasteiger charge is 2.15. The Morgan fingerprint density at radius 2 is 2.14 bits per heavy atom. The van der Waals surface area contributed by atoms with Crippen LogP contribution >= 0.6 is 22.9 Å². The third kappa shape index (κ3) is 1.45. The molecule has 0 aliphatic heterocycles. The van der Waals surface area contributed by atoms with Gasteiger partial charge >= 0.3 is 0 Å². The van der Waals surface area contributed by atoms with E-state index in [-0.39, 0.29) is 5.24 Å². The predicted octanol–water partition coefficient (Wildman–Crippen LogP) is 3.84. The van der Waals surface area contributed by atoms with Crippen molar-refractivity contribution < 1.29 is 4.79 Å². The fraction of sp³-hybridized carbons (Fsp3) is 0.182. The summed E-state index contributed by atoms with van der Waals surface area (Å²) in [5.74, 6) is 0. The van der Waals surface area contributed by atoms with Gasteiger partial charge in [0.2, 0.25) is 0 Å². The van der Waals surface area contributed by atoms with E-state index in [9.17, 15) is 4.79 Å². The van der Waals surface area contributed by atoms with Crippen molar-refractivity contribution in [3.8, 4) is 0 Å². The number of halogens is 1. The average molecular weight is 225 g/mol. The Morgan fingerprint density at radius 3 is 2.79 bits per heavy atom. The van der Waals surface area contributed by atoms with E-state index in [0.29, 0.717) is 5.56 Å². The minimum absolute atomic E-state index is 0.348. The first-order chi connectivity index (χ1) is 6.74. The maximum atomic E-state index is 11.3. The highest BCUT2D eigenvalue weighted by molar-refractivity contribution is 7.19. The van der Waals surface area contributed by atoms with Crippen molar-refractivity contribution in [3.63, 3.8) is 0 Å². The molecular formula is C11H9ClOS. The fourth-order valence-electron chi connectivity index (χ4n) is 1.56.